The van der Waals surface area contributed by atoms with Gasteiger partial charge in [-0.05, 0) is 69.3 Å². The second-order valence-electron chi connectivity index (χ2n) is 4.87. The number of halogens is 2. The fraction of sp³-hybridized carbons (Fsp3) is 0.538. The monoisotopic (exact) mass is 345 g/mol. The van der Waals surface area contributed by atoms with Crippen molar-refractivity contribution < 1.29 is 0 Å². The lowest BCUT2D eigenvalue weighted by atomic mass is 10.0. The number of hydrogen-bond acceptors (Lipinski definition) is 1. The summed E-state index contributed by atoms with van der Waals surface area (Å²) in [5.41, 5.74) is 1.70. The fourth-order valence-electron chi connectivity index (χ4n) is 2.30. The molecule has 1 N–H and O–H groups in total. The Morgan fingerprint density at radius 3 is 2.50 bits per heavy atom. The number of benzene rings is 1. The van der Waals surface area contributed by atoms with E-state index in [0.717, 1.165) is 15.5 Å². The van der Waals surface area contributed by atoms with Gasteiger partial charge in [-0.1, -0.05) is 18.9 Å². The SMILES string of the molecule is CC1(NCc2ccc(Br)c(Br)c2)CCCC1. The molecule has 0 radical (unpaired) electrons. The van der Waals surface area contributed by atoms with Crippen LogP contribution in [0.3, 0.4) is 0 Å². The van der Waals surface area contributed by atoms with E-state index in [1.54, 1.807) is 0 Å². The van der Waals surface area contributed by atoms with Crippen molar-refractivity contribution in [3.63, 3.8) is 0 Å². The summed E-state index contributed by atoms with van der Waals surface area (Å²) < 4.78 is 2.24. The maximum Gasteiger partial charge on any atom is 0.0320 e. The average Bonchev–Trinajstić information content (AvgIpc) is 2.68. The van der Waals surface area contributed by atoms with Gasteiger partial charge in [-0.15, -0.1) is 0 Å². The topological polar surface area (TPSA) is 12.0 Å². The van der Waals surface area contributed by atoms with Crippen LogP contribution in [0.2, 0.25) is 0 Å². The summed E-state index contributed by atoms with van der Waals surface area (Å²) in [6.07, 6.45) is 5.36. The van der Waals surface area contributed by atoms with Gasteiger partial charge >= 0.3 is 0 Å². The van der Waals surface area contributed by atoms with Gasteiger partial charge in [0.2, 0.25) is 0 Å². The minimum Gasteiger partial charge on any atom is -0.307 e. The number of hydrogen-bond donors (Lipinski definition) is 1. The Morgan fingerprint density at radius 1 is 1.19 bits per heavy atom. The van der Waals surface area contributed by atoms with Crippen LogP contribution in [0.4, 0.5) is 0 Å². The van der Waals surface area contributed by atoms with Gasteiger partial charge in [0.25, 0.3) is 0 Å². The Bertz CT molecular complexity index is 370. The molecule has 1 fully saturated rings. The van der Waals surface area contributed by atoms with Gasteiger partial charge < -0.3 is 5.32 Å². The van der Waals surface area contributed by atoms with E-state index in [1.807, 2.05) is 0 Å². The molecule has 0 aromatic heterocycles. The van der Waals surface area contributed by atoms with Crippen LogP contribution in [0.25, 0.3) is 0 Å². The third-order valence-corrected chi connectivity index (χ3v) is 5.29. The molecular weight excluding hydrogens is 330 g/mol. The molecule has 0 unspecified atom stereocenters. The van der Waals surface area contributed by atoms with Crippen molar-refractivity contribution in [1.82, 2.24) is 5.32 Å². The van der Waals surface area contributed by atoms with Crippen molar-refractivity contribution in [2.45, 2.75) is 44.7 Å². The zero-order chi connectivity index (χ0) is 11.6. The van der Waals surface area contributed by atoms with Gasteiger partial charge in [0.1, 0.15) is 0 Å². The predicted octanol–water partition coefficient (Wildman–Crippen LogP) is 4.63. The largest absolute Gasteiger partial charge is 0.307 e. The molecule has 0 aliphatic heterocycles. The summed E-state index contributed by atoms with van der Waals surface area (Å²) in [4.78, 5) is 0. The minimum absolute atomic E-state index is 0.361. The second-order valence-corrected chi connectivity index (χ2v) is 6.58. The Balaban J connectivity index is 1.96. The van der Waals surface area contributed by atoms with E-state index in [0.29, 0.717) is 5.54 Å². The highest BCUT2D eigenvalue weighted by Crippen LogP contribution is 2.29. The molecule has 16 heavy (non-hydrogen) atoms. The summed E-state index contributed by atoms with van der Waals surface area (Å²) in [7, 11) is 0. The standard InChI is InChI=1S/C13H17Br2N/c1-13(6-2-3-7-13)16-9-10-4-5-11(14)12(15)8-10/h4-5,8,16H,2-3,6-7,9H2,1H3. The first-order valence-electron chi connectivity index (χ1n) is 5.78. The molecule has 0 spiro atoms. The van der Waals surface area contributed by atoms with E-state index in [1.165, 1.54) is 31.2 Å². The van der Waals surface area contributed by atoms with Gasteiger partial charge in [0, 0.05) is 21.0 Å². The van der Waals surface area contributed by atoms with Gasteiger partial charge in [0.05, 0.1) is 0 Å². The molecule has 88 valence electrons. The summed E-state index contributed by atoms with van der Waals surface area (Å²) in [5.74, 6) is 0. The second kappa shape index (κ2) is 5.19. The molecule has 2 rings (SSSR count). The molecule has 0 amide bonds. The van der Waals surface area contributed by atoms with Gasteiger partial charge in [-0.2, -0.15) is 0 Å². The first kappa shape index (κ1) is 12.6. The summed E-state index contributed by atoms with van der Waals surface area (Å²) >= 11 is 7.03. The first-order chi connectivity index (χ1) is 7.59. The lowest BCUT2D eigenvalue weighted by Gasteiger charge is -2.25. The quantitative estimate of drug-likeness (QED) is 0.841. The first-order valence-corrected chi connectivity index (χ1v) is 7.37. The zero-order valence-electron chi connectivity index (χ0n) is 9.52. The molecule has 1 nitrogen and oxygen atoms in total. The Labute approximate surface area is 114 Å². The van der Waals surface area contributed by atoms with Crippen molar-refractivity contribution in [2.75, 3.05) is 0 Å². The van der Waals surface area contributed by atoms with Crippen molar-refractivity contribution in [3.8, 4) is 0 Å². The van der Waals surface area contributed by atoms with Crippen LogP contribution >= 0.6 is 31.9 Å². The predicted molar refractivity (Wildman–Crippen MR) is 75.6 cm³/mol. The molecule has 1 saturated carbocycles. The third kappa shape index (κ3) is 3.08. The number of nitrogens with one attached hydrogen (secondary N) is 1. The Kier molecular flexibility index (Phi) is 4.09. The van der Waals surface area contributed by atoms with Crippen molar-refractivity contribution in [3.05, 3.63) is 32.7 Å². The van der Waals surface area contributed by atoms with E-state index >= 15 is 0 Å². The van der Waals surface area contributed by atoms with Gasteiger partial charge in [-0.25, -0.2) is 0 Å². The van der Waals surface area contributed by atoms with Crippen molar-refractivity contribution in [2.24, 2.45) is 0 Å². The van der Waals surface area contributed by atoms with Crippen molar-refractivity contribution in [1.29, 1.82) is 0 Å². The van der Waals surface area contributed by atoms with Crippen molar-refractivity contribution >= 4 is 31.9 Å². The molecule has 1 aliphatic carbocycles. The highest BCUT2D eigenvalue weighted by molar-refractivity contribution is 9.13. The van der Waals surface area contributed by atoms with Crippen LogP contribution in [0.1, 0.15) is 38.2 Å². The molecule has 1 aromatic rings. The fourth-order valence-corrected chi connectivity index (χ4v) is 2.97. The molecule has 3 heteroatoms. The maximum atomic E-state index is 3.68. The van der Waals surface area contributed by atoms with Crippen LogP contribution in [0.15, 0.2) is 27.1 Å². The molecule has 1 aromatic carbocycles. The summed E-state index contributed by atoms with van der Waals surface area (Å²) in [6.45, 7) is 3.30. The number of rotatable bonds is 3. The minimum atomic E-state index is 0.361. The lowest BCUT2D eigenvalue weighted by molar-refractivity contribution is 0.362. The molecule has 0 heterocycles. The van der Waals surface area contributed by atoms with Crippen LogP contribution in [0, 0.1) is 0 Å². The maximum absolute atomic E-state index is 3.68. The van der Waals surface area contributed by atoms with E-state index in [2.05, 4.69) is 62.3 Å². The smallest absolute Gasteiger partial charge is 0.0320 e. The zero-order valence-corrected chi connectivity index (χ0v) is 12.7. The molecule has 0 saturated heterocycles. The molecule has 1 aliphatic rings. The van der Waals surface area contributed by atoms with E-state index in [9.17, 15) is 0 Å². The van der Waals surface area contributed by atoms with E-state index < -0.39 is 0 Å². The Morgan fingerprint density at radius 2 is 1.88 bits per heavy atom. The van der Waals surface area contributed by atoms with E-state index in [-0.39, 0.29) is 0 Å². The Hall–Kier alpha value is 0.140. The third-order valence-electron chi connectivity index (χ3n) is 3.41. The summed E-state index contributed by atoms with van der Waals surface area (Å²) in [5, 5.41) is 3.68. The summed E-state index contributed by atoms with van der Waals surface area (Å²) in [6, 6.07) is 6.44. The van der Waals surface area contributed by atoms with Gasteiger partial charge in [-0.3, -0.25) is 0 Å². The molecular formula is C13H17Br2N. The van der Waals surface area contributed by atoms with Gasteiger partial charge in [0.15, 0.2) is 0 Å². The molecule has 0 atom stereocenters. The van der Waals surface area contributed by atoms with E-state index in [4.69, 9.17) is 0 Å². The highest BCUT2D eigenvalue weighted by Gasteiger charge is 2.27. The van der Waals surface area contributed by atoms with Crippen LogP contribution in [0.5, 0.6) is 0 Å². The molecule has 0 bridgehead atoms. The highest BCUT2D eigenvalue weighted by atomic mass is 79.9. The lowest BCUT2D eigenvalue weighted by Crippen LogP contribution is -2.38. The normalized spacial score (nSPS) is 18.9. The van der Waals surface area contributed by atoms with Crippen LogP contribution in [-0.2, 0) is 6.54 Å². The van der Waals surface area contributed by atoms with Crippen LogP contribution < -0.4 is 5.32 Å². The van der Waals surface area contributed by atoms with Crippen LogP contribution in [-0.4, -0.2) is 5.54 Å². The average molecular weight is 347 g/mol.